The van der Waals surface area contributed by atoms with Gasteiger partial charge in [0.1, 0.15) is 17.6 Å². The van der Waals surface area contributed by atoms with Crippen LogP contribution in [0.4, 0.5) is 0 Å². The molecule has 7 nitrogen and oxygen atoms in total. The smallest absolute Gasteiger partial charge is 0.324 e. The Morgan fingerprint density at radius 3 is 2.64 bits per heavy atom. The number of hydrogen-bond donors (Lipinski definition) is 1. The van der Waals surface area contributed by atoms with Crippen molar-refractivity contribution in [3.63, 3.8) is 0 Å². The van der Waals surface area contributed by atoms with Gasteiger partial charge in [0.25, 0.3) is 5.84 Å². The molecule has 0 radical (unpaired) electrons. The van der Waals surface area contributed by atoms with E-state index in [4.69, 9.17) is 25.0 Å². The molecule has 0 saturated heterocycles. The van der Waals surface area contributed by atoms with E-state index in [1.165, 1.54) is 6.26 Å². The minimum Gasteiger partial charge on any atom is -0.455 e. The second-order valence-corrected chi connectivity index (χ2v) is 7.94. The van der Waals surface area contributed by atoms with E-state index in [-0.39, 0.29) is 4.59 Å². The molecule has 2 aromatic rings. The van der Waals surface area contributed by atoms with Gasteiger partial charge >= 0.3 is 5.95 Å². The molecule has 2 atom stereocenters. The molecule has 4 aliphatic rings. The van der Waals surface area contributed by atoms with Crippen LogP contribution in [0.5, 0.6) is 5.75 Å². The molecule has 0 fully saturated rings. The largest absolute Gasteiger partial charge is 0.455 e. The second kappa shape index (κ2) is 7.74. The Kier molecular flexibility index (Phi) is 4.57. The van der Waals surface area contributed by atoms with E-state index in [2.05, 4.69) is 4.99 Å². The SMILES string of the molecule is N[N+]12C=CN=CC1=C(C1=CC=C1)N=C2c1ccc(OC2=COC(Cc3ccccc3)O2)cc1. The molecule has 0 aromatic heterocycles. The quantitative estimate of drug-likeness (QED) is 0.543. The Morgan fingerprint density at radius 2 is 1.88 bits per heavy atom. The minimum atomic E-state index is -0.401. The van der Waals surface area contributed by atoms with Crippen LogP contribution in [0, 0.1) is 0 Å². The molecular formula is C26H21N4O3+. The normalized spacial score (nSPS) is 24.4. The number of rotatable bonds is 6. The fourth-order valence-corrected chi connectivity index (χ4v) is 3.99. The van der Waals surface area contributed by atoms with Crippen LogP contribution in [-0.2, 0) is 15.9 Å². The van der Waals surface area contributed by atoms with Crippen molar-refractivity contribution in [3.8, 4) is 5.75 Å². The summed E-state index contributed by atoms with van der Waals surface area (Å²) in [4.78, 5) is 9.12. The third-order valence-corrected chi connectivity index (χ3v) is 5.76. The topological polar surface area (TPSA) is 78.4 Å². The number of nitrogens with zero attached hydrogens (tertiary/aromatic N) is 3. The monoisotopic (exact) mass is 437 g/mol. The summed E-state index contributed by atoms with van der Waals surface area (Å²) in [5.41, 5.74) is 4.75. The number of allylic oxidation sites excluding steroid dienone is 4. The van der Waals surface area contributed by atoms with Crippen LogP contribution in [-0.4, -0.2) is 22.9 Å². The predicted octanol–water partition coefficient (Wildman–Crippen LogP) is 4.19. The Morgan fingerprint density at radius 1 is 1.06 bits per heavy atom. The van der Waals surface area contributed by atoms with Gasteiger partial charge in [-0.3, -0.25) is 4.99 Å². The molecule has 0 amide bonds. The van der Waals surface area contributed by atoms with Crippen LogP contribution in [0.25, 0.3) is 0 Å². The fourth-order valence-electron chi connectivity index (χ4n) is 3.99. The molecule has 33 heavy (non-hydrogen) atoms. The first-order valence-electron chi connectivity index (χ1n) is 10.6. The lowest BCUT2D eigenvalue weighted by molar-refractivity contribution is -0.750. The summed E-state index contributed by atoms with van der Waals surface area (Å²) < 4.78 is 17.2. The maximum absolute atomic E-state index is 6.74. The zero-order valence-corrected chi connectivity index (χ0v) is 17.7. The lowest BCUT2D eigenvalue weighted by atomic mass is 10.0. The summed E-state index contributed by atoms with van der Waals surface area (Å²) in [5, 5.41) is 0. The number of benzene rings is 2. The Balaban J connectivity index is 1.16. The number of fused-ring (bicyclic) bond motifs is 1. The van der Waals surface area contributed by atoms with Gasteiger partial charge in [0, 0.05) is 12.0 Å². The van der Waals surface area contributed by atoms with Crippen molar-refractivity contribution in [2.45, 2.75) is 12.7 Å². The Hall–Kier alpha value is -4.20. The van der Waals surface area contributed by atoms with E-state index < -0.39 is 6.29 Å². The van der Waals surface area contributed by atoms with Gasteiger partial charge in [0.2, 0.25) is 12.0 Å². The molecule has 3 heterocycles. The van der Waals surface area contributed by atoms with Gasteiger partial charge in [0.05, 0.1) is 18.0 Å². The summed E-state index contributed by atoms with van der Waals surface area (Å²) in [6.45, 7) is 0. The summed E-state index contributed by atoms with van der Waals surface area (Å²) >= 11 is 0. The summed E-state index contributed by atoms with van der Waals surface area (Å²) in [6.07, 6.45) is 13.1. The summed E-state index contributed by atoms with van der Waals surface area (Å²) in [7, 11) is 0. The van der Waals surface area contributed by atoms with E-state index in [1.807, 2.05) is 79.0 Å². The number of hydrogen-bond acceptors (Lipinski definition) is 6. The molecule has 2 N–H and O–H groups in total. The van der Waals surface area contributed by atoms with Crippen molar-refractivity contribution < 1.29 is 18.8 Å². The average Bonchev–Trinajstić information content (AvgIpc) is 3.36. The first-order chi connectivity index (χ1) is 16.2. The van der Waals surface area contributed by atoms with Gasteiger partial charge in [-0.05, 0) is 29.8 Å². The van der Waals surface area contributed by atoms with Crippen molar-refractivity contribution in [2.24, 2.45) is 15.8 Å². The van der Waals surface area contributed by atoms with Crippen molar-refractivity contribution in [1.82, 2.24) is 0 Å². The van der Waals surface area contributed by atoms with E-state index in [0.29, 0.717) is 18.1 Å². The Labute approximate surface area is 191 Å². The van der Waals surface area contributed by atoms with Gasteiger partial charge in [-0.15, -0.1) is 4.59 Å². The molecule has 6 rings (SSSR count). The zero-order chi connectivity index (χ0) is 22.3. The van der Waals surface area contributed by atoms with E-state index in [1.54, 1.807) is 12.4 Å². The second-order valence-electron chi connectivity index (χ2n) is 7.94. The number of aliphatic imine (C=N–C) groups is 2. The van der Waals surface area contributed by atoms with Crippen LogP contribution < -0.4 is 10.6 Å². The van der Waals surface area contributed by atoms with Crippen molar-refractivity contribution in [2.75, 3.05) is 0 Å². The first-order valence-corrected chi connectivity index (χ1v) is 10.6. The third kappa shape index (κ3) is 3.49. The third-order valence-electron chi connectivity index (χ3n) is 5.76. The standard InChI is InChI=1S/C26H21N4O3/c27-30-14-13-28-16-22(30)25(19-7-4-8-19)29-26(30)20-9-11-21(12-10-20)32-24-17-31-23(33-24)15-18-5-2-1-3-6-18/h1-14,16-17,23H,15,27H2/q+1. The molecule has 2 aromatic carbocycles. The van der Waals surface area contributed by atoms with Crippen LogP contribution in [0.1, 0.15) is 11.1 Å². The molecule has 0 spiro atoms. The van der Waals surface area contributed by atoms with Gasteiger partial charge in [-0.2, -0.15) is 10.8 Å². The van der Waals surface area contributed by atoms with Gasteiger partial charge < -0.3 is 14.2 Å². The van der Waals surface area contributed by atoms with Gasteiger partial charge in [-0.1, -0.05) is 48.6 Å². The van der Waals surface area contributed by atoms with E-state index in [9.17, 15) is 0 Å². The summed E-state index contributed by atoms with van der Waals surface area (Å²) in [5.74, 6) is 8.42. The van der Waals surface area contributed by atoms with Crippen molar-refractivity contribution in [1.29, 1.82) is 0 Å². The minimum absolute atomic E-state index is 0.0204. The Bertz CT molecular complexity index is 1320. The molecule has 0 saturated carbocycles. The number of nitrogens with two attached hydrogens (primary N) is 1. The highest BCUT2D eigenvalue weighted by atomic mass is 16.8. The van der Waals surface area contributed by atoms with Crippen molar-refractivity contribution in [3.05, 3.63) is 126 Å². The van der Waals surface area contributed by atoms with Crippen LogP contribution in [0.3, 0.4) is 0 Å². The maximum atomic E-state index is 6.74. The highest BCUT2D eigenvalue weighted by molar-refractivity contribution is 6.01. The van der Waals surface area contributed by atoms with Gasteiger partial charge in [-0.25, -0.2) is 0 Å². The molecule has 162 valence electrons. The lowest BCUT2D eigenvalue weighted by Gasteiger charge is -2.26. The molecule has 0 bridgehead atoms. The lowest BCUT2D eigenvalue weighted by Crippen LogP contribution is -2.53. The van der Waals surface area contributed by atoms with E-state index in [0.717, 1.165) is 33.9 Å². The van der Waals surface area contributed by atoms with Crippen LogP contribution in [0.15, 0.2) is 124 Å². The number of amidine groups is 1. The molecule has 1 aliphatic carbocycles. The van der Waals surface area contributed by atoms with Gasteiger partial charge in [0.15, 0.2) is 6.26 Å². The zero-order valence-electron chi connectivity index (χ0n) is 17.7. The summed E-state index contributed by atoms with van der Waals surface area (Å²) in [6, 6.07) is 17.6. The van der Waals surface area contributed by atoms with Crippen molar-refractivity contribution >= 4 is 12.1 Å². The van der Waals surface area contributed by atoms with Crippen LogP contribution in [0.2, 0.25) is 0 Å². The molecule has 7 heteroatoms. The molecular weight excluding hydrogens is 416 g/mol. The van der Waals surface area contributed by atoms with Crippen LogP contribution >= 0.6 is 0 Å². The first kappa shape index (κ1) is 19.5. The number of ether oxygens (including phenoxy) is 3. The molecule has 3 aliphatic heterocycles. The highest BCUT2D eigenvalue weighted by Gasteiger charge is 2.44. The fraction of sp³-hybridized carbons (Fsp3) is 0.0769. The highest BCUT2D eigenvalue weighted by Crippen LogP contribution is 2.36. The van der Waals surface area contributed by atoms with E-state index >= 15 is 0 Å². The predicted molar refractivity (Wildman–Crippen MR) is 124 cm³/mol. The average molecular weight is 437 g/mol. The number of quaternary nitrogens is 1. The molecule has 2 unspecified atom stereocenters. The maximum Gasteiger partial charge on any atom is 0.324 e.